The van der Waals surface area contributed by atoms with Gasteiger partial charge < -0.3 is 20.1 Å². The predicted octanol–water partition coefficient (Wildman–Crippen LogP) is 3.60. The number of aliphatic hydroxyl groups excluding tert-OH is 1. The van der Waals surface area contributed by atoms with Crippen molar-refractivity contribution in [3.8, 4) is 0 Å². The molecule has 3 aromatic rings. The summed E-state index contributed by atoms with van der Waals surface area (Å²) in [5.74, 6) is 0.834. The lowest BCUT2D eigenvalue weighted by molar-refractivity contribution is 0.0905. The van der Waals surface area contributed by atoms with Gasteiger partial charge in [0.1, 0.15) is 5.04 Å². The average molecular weight is 423 g/mol. The Morgan fingerprint density at radius 1 is 1.20 bits per heavy atom. The summed E-state index contributed by atoms with van der Waals surface area (Å²) in [7, 11) is 0. The number of benzene rings is 1. The number of aliphatic hydroxyl groups is 1. The van der Waals surface area contributed by atoms with E-state index in [-0.39, 0.29) is 12.6 Å². The first-order valence-electron chi connectivity index (χ1n) is 10.5. The Balaban J connectivity index is 1.51. The number of pyridine rings is 1. The number of thioether (sulfide) groups is 1. The van der Waals surface area contributed by atoms with Gasteiger partial charge in [0, 0.05) is 42.8 Å². The Kier molecular flexibility index (Phi) is 5.75. The molecule has 2 aliphatic heterocycles. The Labute approximate surface area is 180 Å². The van der Waals surface area contributed by atoms with Gasteiger partial charge in [-0.2, -0.15) is 0 Å². The topological polar surface area (TPSA) is 82.5 Å². The number of hydrogen-bond acceptors (Lipinski definition) is 6. The smallest absolute Gasteiger partial charge is 0.115 e. The molecule has 1 aromatic carbocycles. The third kappa shape index (κ3) is 4.24. The quantitative estimate of drug-likeness (QED) is 0.565. The summed E-state index contributed by atoms with van der Waals surface area (Å²) in [5.41, 5.74) is 5.73. The van der Waals surface area contributed by atoms with Gasteiger partial charge in [-0.1, -0.05) is 6.07 Å². The van der Waals surface area contributed by atoms with Crippen molar-refractivity contribution in [1.29, 1.82) is 0 Å². The van der Waals surface area contributed by atoms with Crippen molar-refractivity contribution in [3.05, 3.63) is 59.5 Å². The molecule has 0 unspecified atom stereocenters. The van der Waals surface area contributed by atoms with Crippen LogP contribution in [-0.4, -0.2) is 57.8 Å². The fourth-order valence-corrected chi connectivity index (χ4v) is 5.11. The first-order valence-corrected chi connectivity index (χ1v) is 11.5. The lowest BCUT2D eigenvalue weighted by atomic mass is 10.0. The molecule has 0 amide bonds. The molecule has 0 spiro atoms. The molecular weight excluding hydrogens is 396 g/mol. The van der Waals surface area contributed by atoms with Gasteiger partial charge in [0.2, 0.25) is 0 Å². The Bertz CT molecular complexity index is 1040. The molecule has 0 bridgehead atoms. The number of aromatic nitrogens is 2. The maximum absolute atomic E-state index is 9.42. The highest BCUT2D eigenvalue weighted by atomic mass is 32.2. The molecule has 0 aliphatic carbocycles. The molecule has 0 radical (unpaired) electrons. The van der Waals surface area contributed by atoms with Crippen molar-refractivity contribution in [1.82, 2.24) is 9.97 Å². The normalized spacial score (nSPS) is 19.9. The van der Waals surface area contributed by atoms with E-state index in [0.29, 0.717) is 6.04 Å². The summed E-state index contributed by atoms with van der Waals surface area (Å²) in [6, 6.07) is 11.2. The second-order valence-corrected chi connectivity index (χ2v) is 8.95. The second-order valence-electron chi connectivity index (χ2n) is 7.94. The van der Waals surface area contributed by atoms with Crippen LogP contribution < -0.4 is 5.32 Å². The summed E-state index contributed by atoms with van der Waals surface area (Å²) in [6.07, 6.45) is 6.61. The minimum atomic E-state index is -0.00242. The standard InChI is InChI=1S/C23H26N4O2S/c28-13-19-14-30-23(26-19)21-11-17-9-16(8-15-2-1-5-24-12-15)10-20(22(17)27-21)25-18-3-6-29-7-4-18/h1-2,5,9-12,18-19,25,27-28H,3-4,6-8,13-14H2/t19-/m1/s1. The van der Waals surface area contributed by atoms with E-state index < -0.39 is 0 Å². The molecule has 30 heavy (non-hydrogen) atoms. The summed E-state index contributed by atoms with van der Waals surface area (Å²) < 4.78 is 5.53. The number of nitrogens with one attached hydrogen (secondary N) is 2. The van der Waals surface area contributed by atoms with E-state index in [9.17, 15) is 5.11 Å². The van der Waals surface area contributed by atoms with Crippen LogP contribution in [0.2, 0.25) is 0 Å². The van der Waals surface area contributed by atoms with E-state index in [1.54, 1.807) is 11.8 Å². The number of aromatic amines is 1. The fraction of sp³-hybridized carbons (Fsp3) is 0.391. The van der Waals surface area contributed by atoms with Crippen LogP contribution >= 0.6 is 11.8 Å². The van der Waals surface area contributed by atoms with Crippen LogP contribution in [0.1, 0.15) is 29.7 Å². The van der Waals surface area contributed by atoms with E-state index in [4.69, 9.17) is 4.74 Å². The summed E-state index contributed by atoms with van der Waals surface area (Å²) >= 11 is 1.71. The monoisotopic (exact) mass is 422 g/mol. The summed E-state index contributed by atoms with van der Waals surface area (Å²) in [6.45, 7) is 1.72. The zero-order valence-electron chi connectivity index (χ0n) is 16.8. The maximum Gasteiger partial charge on any atom is 0.115 e. The van der Waals surface area contributed by atoms with Gasteiger partial charge in [-0.25, -0.2) is 0 Å². The van der Waals surface area contributed by atoms with Crippen LogP contribution in [0.15, 0.2) is 47.7 Å². The van der Waals surface area contributed by atoms with E-state index in [2.05, 4.69) is 44.5 Å². The van der Waals surface area contributed by atoms with E-state index in [0.717, 1.165) is 60.2 Å². The number of anilines is 1. The molecule has 2 aromatic heterocycles. The van der Waals surface area contributed by atoms with Crippen molar-refractivity contribution in [3.63, 3.8) is 0 Å². The minimum absolute atomic E-state index is 0.00242. The molecule has 3 N–H and O–H groups in total. The SMILES string of the molecule is OC[C@@H]1CSC(c2cc3cc(Cc4cccnc4)cc(NC4CCOCC4)c3[nH]2)=N1. The molecule has 2 aliphatic rings. The number of rotatable bonds is 6. The first-order chi connectivity index (χ1) is 14.8. The number of H-pyrrole nitrogens is 1. The van der Waals surface area contributed by atoms with E-state index in [1.807, 2.05) is 18.5 Å². The maximum atomic E-state index is 9.42. The zero-order chi connectivity index (χ0) is 20.3. The third-order valence-electron chi connectivity index (χ3n) is 5.65. The molecule has 5 rings (SSSR count). The highest BCUT2D eigenvalue weighted by molar-refractivity contribution is 8.14. The van der Waals surface area contributed by atoms with Crippen LogP contribution in [0.25, 0.3) is 10.9 Å². The molecule has 6 nitrogen and oxygen atoms in total. The Morgan fingerprint density at radius 3 is 2.87 bits per heavy atom. The van der Waals surface area contributed by atoms with Gasteiger partial charge in [0.25, 0.3) is 0 Å². The van der Waals surface area contributed by atoms with Gasteiger partial charge in [-0.05, 0) is 54.7 Å². The number of nitrogens with zero attached hydrogens (tertiary/aromatic N) is 2. The van der Waals surface area contributed by atoms with Gasteiger partial charge in [-0.15, -0.1) is 11.8 Å². The highest BCUT2D eigenvalue weighted by Gasteiger charge is 2.21. The number of ether oxygens (including phenoxy) is 1. The highest BCUT2D eigenvalue weighted by Crippen LogP contribution is 2.32. The molecule has 156 valence electrons. The van der Waals surface area contributed by atoms with Gasteiger partial charge in [-0.3, -0.25) is 9.98 Å². The van der Waals surface area contributed by atoms with Crippen molar-refractivity contribution >= 4 is 33.4 Å². The Morgan fingerprint density at radius 2 is 2.10 bits per heavy atom. The minimum Gasteiger partial charge on any atom is -0.394 e. The van der Waals surface area contributed by atoms with Crippen LogP contribution in [0.4, 0.5) is 5.69 Å². The average Bonchev–Trinajstić information content (AvgIpc) is 3.42. The molecule has 4 heterocycles. The zero-order valence-corrected chi connectivity index (χ0v) is 17.6. The fourth-order valence-electron chi connectivity index (χ4n) is 4.09. The summed E-state index contributed by atoms with van der Waals surface area (Å²) in [4.78, 5) is 12.5. The molecule has 1 fully saturated rings. The number of fused-ring (bicyclic) bond motifs is 1. The van der Waals surface area contributed by atoms with Crippen LogP contribution in [0.5, 0.6) is 0 Å². The van der Waals surface area contributed by atoms with E-state index >= 15 is 0 Å². The van der Waals surface area contributed by atoms with Gasteiger partial charge in [0.15, 0.2) is 0 Å². The molecule has 0 saturated carbocycles. The number of hydrogen-bond donors (Lipinski definition) is 3. The lowest BCUT2D eigenvalue weighted by Gasteiger charge is -2.24. The van der Waals surface area contributed by atoms with Crippen LogP contribution in [-0.2, 0) is 11.2 Å². The van der Waals surface area contributed by atoms with Gasteiger partial charge >= 0.3 is 0 Å². The van der Waals surface area contributed by atoms with Crippen molar-refractivity contribution in [2.24, 2.45) is 4.99 Å². The largest absolute Gasteiger partial charge is 0.394 e. The van der Waals surface area contributed by atoms with Gasteiger partial charge in [0.05, 0.1) is 29.5 Å². The molecule has 1 saturated heterocycles. The van der Waals surface area contributed by atoms with Crippen LogP contribution in [0, 0.1) is 0 Å². The van der Waals surface area contributed by atoms with Crippen LogP contribution in [0.3, 0.4) is 0 Å². The van der Waals surface area contributed by atoms with Crippen molar-refractivity contribution in [2.75, 3.05) is 30.9 Å². The number of aliphatic imine (C=N–C) groups is 1. The lowest BCUT2D eigenvalue weighted by Crippen LogP contribution is -2.28. The molecular formula is C23H26N4O2S. The van der Waals surface area contributed by atoms with Crippen molar-refractivity contribution < 1.29 is 9.84 Å². The van der Waals surface area contributed by atoms with E-state index in [1.165, 1.54) is 16.5 Å². The first kappa shape index (κ1) is 19.6. The Hall–Kier alpha value is -2.35. The second kappa shape index (κ2) is 8.79. The third-order valence-corrected chi connectivity index (χ3v) is 6.80. The molecule has 7 heteroatoms. The summed E-state index contributed by atoms with van der Waals surface area (Å²) in [5, 5.41) is 15.3. The molecule has 1 atom stereocenters. The van der Waals surface area contributed by atoms with Crippen molar-refractivity contribution in [2.45, 2.75) is 31.3 Å². The predicted molar refractivity (Wildman–Crippen MR) is 123 cm³/mol.